The maximum atomic E-state index is 12.8. The van der Waals surface area contributed by atoms with E-state index in [0.29, 0.717) is 16.9 Å². The Hall–Kier alpha value is -3.80. The predicted molar refractivity (Wildman–Crippen MR) is 104 cm³/mol. The molecule has 3 aromatic carbocycles. The molecular formula is C23H17FO5. The number of benzene rings is 3. The Bertz CT molecular complexity index is 996. The molecule has 0 aromatic heterocycles. The van der Waals surface area contributed by atoms with E-state index in [4.69, 9.17) is 9.47 Å². The smallest absolute Gasteiger partial charge is 0.344 e. The minimum atomic E-state index is -0.718. The fourth-order valence-corrected chi connectivity index (χ4v) is 2.51. The first-order valence-corrected chi connectivity index (χ1v) is 8.80. The average molecular weight is 392 g/mol. The molecule has 0 heterocycles. The van der Waals surface area contributed by atoms with Gasteiger partial charge in [0, 0.05) is 16.7 Å². The average Bonchev–Trinajstić information content (AvgIpc) is 2.77. The largest absolute Gasteiger partial charge is 0.482 e. The van der Waals surface area contributed by atoms with Crippen LogP contribution in [-0.2, 0) is 9.53 Å². The van der Waals surface area contributed by atoms with E-state index < -0.39 is 24.2 Å². The lowest BCUT2D eigenvalue weighted by atomic mass is 10.0. The number of ether oxygens (including phenoxy) is 2. The molecule has 5 nitrogen and oxygen atoms in total. The third-order valence-electron chi connectivity index (χ3n) is 4.04. The molecule has 0 atom stereocenters. The SMILES string of the molecule is O=C(COc1ccc(C(=O)c2ccccc2)cc1)OCC(=O)c1ccc(F)cc1. The summed E-state index contributed by atoms with van der Waals surface area (Å²) in [7, 11) is 0. The van der Waals surface area contributed by atoms with E-state index in [-0.39, 0.29) is 18.0 Å². The van der Waals surface area contributed by atoms with Gasteiger partial charge >= 0.3 is 5.97 Å². The molecule has 0 amide bonds. The number of hydrogen-bond donors (Lipinski definition) is 0. The lowest BCUT2D eigenvalue weighted by Gasteiger charge is -2.08. The summed E-state index contributed by atoms with van der Waals surface area (Å²) in [5.74, 6) is -1.34. The van der Waals surface area contributed by atoms with Gasteiger partial charge in [-0.1, -0.05) is 30.3 Å². The number of carbonyl (C=O) groups excluding carboxylic acids is 3. The van der Waals surface area contributed by atoms with Crippen LogP contribution in [0.3, 0.4) is 0 Å². The van der Waals surface area contributed by atoms with Crippen LogP contribution < -0.4 is 4.74 Å². The molecule has 29 heavy (non-hydrogen) atoms. The van der Waals surface area contributed by atoms with Crippen LogP contribution in [-0.4, -0.2) is 30.7 Å². The zero-order valence-electron chi connectivity index (χ0n) is 15.3. The molecule has 0 fully saturated rings. The van der Waals surface area contributed by atoms with Gasteiger partial charge in [0.2, 0.25) is 0 Å². The van der Waals surface area contributed by atoms with Crippen molar-refractivity contribution in [1.29, 1.82) is 0 Å². The zero-order chi connectivity index (χ0) is 20.6. The van der Waals surface area contributed by atoms with Gasteiger partial charge in [0.15, 0.2) is 24.8 Å². The van der Waals surface area contributed by atoms with Crippen molar-refractivity contribution in [2.75, 3.05) is 13.2 Å². The second kappa shape index (κ2) is 9.41. The molecule has 0 spiro atoms. The number of Topliss-reactive ketones (excluding diaryl/α,β-unsaturated/α-hetero) is 1. The van der Waals surface area contributed by atoms with Crippen molar-refractivity contribution in [3.8, 4) is 5.75 Å². The summed E-state index contributed by atoms with van der Waals surface area (Å²) < 4.78 is 23.0. The summed E-state index contributed by atoms with van der Waals surface area (Å²) in [6.07, 6.45) is 0. The van der Waals surface area contributed by atoms with E-state index in [0.717, 1.165) is 12.1 Å². The van der Waals surface area contributed by atoms with Gasteiger partial charge < -0.3 is 9.47 Å². The van der Waals surface area contributed by atoms with Gasteiger partial charge in [-0.25, -0.2) is 9.18 Å². The highest BCUT2D eigenvalue weighted by Crippen LogP contribution is 2.15. The Morgan fingerprint density at radius 3 is 1.93 bits per heavy atom. The van der Waals surface area contributed by atoms with Gasteiger partial charge in [-0.15, -0.1) is 0 Å². The number of rotatable bonds is 8. The molecule has 0 aliphatic rings. The van der Waals surface area contributed by atoms with E-state index in [9.17, 15) is 18.8 Å². The maximum absolute atomic E-state index is 12.8. The van der Waals surface area contributed by atoms with E-state index in [2.05, 4.69) is 0 Å². The number of esters is 1. The summed E-state index contributed by atoms with van der Waals surface area (Å²) in [6, 6.07) is 20.2. The van der Waals surface area contributed by atoms with Crippen LogP contribution in [0.1, 0.15) is 26.3 Å². The Labute approximate surface area is 166 Å². The molecule has 0 N–H and O–H groups in total. The van der Waals surface area contributed by atoms with Crippen LogP contribution in [0.4, 0.5) is 4.39 Å². The quantitative estimate of drug-likeness (QED) is 0.430. The van der Waals surface area contributed by atoms with Gasteiger partial charge in [-0.3, -0.25) is 9.59 Å². The molecule has 0 aliphatic heterocycles. The summed E-state index contributed by atoms with van der Waals surface area (Å²) in [5.41, 5.74) is 1.32. The van der Waals surface area contributed by atoms with Gasteiger partial charge in [-0.2, -0.15) is 0 Å². The molecule has 0 saturated heterocycles. The summed E-state index contributed by atoms with van der Waals surface area (Å²) in [5, 5.41) is 0. The highest BCUT2D eigenvalue weighted by molar-refractivity contribution is 6.09. The highest BCUT2D eigenvalue weighted by atomic mass is 19.1. The molecule has 3 rings (SSSR count). The third kappa shape index (κ3) is 5.59. The second-order valence-corrected chi connectivity index (χ2v) is 6.10. The molecule has 146 valence electrons. The Kier molecular flexibility index (Phi) is 6.47. The summed E-state index contributed by atoms with van der Waals surface area (Å²) >= 11 is 0. The van der Waals surface area contributed by atoms with Crippen LogP contribution in [0.5, 0.6) is 5.75 Å². The molecule has 3 aromatic rings. The summed E-state index contributed by atoms with van der Waals surface area (Å²) in [4.78, 5) is 36.0. The van der Waals surface area contributed by atoms with Crippen molar-refractivity contribution in [2.45, 2.75) is 0 Å². The van der Waals surface area contributed by atoms with Gasteiger partial charge in [0.25, 0.3) is 0 Å². The van der Waals surface area contributed by atoms with E-state index in [1.54, 1.807) is 48.5 Å². The van der Waals surface area contributed by atoms with Gasteiger partial charge in [0.05, 0.1) is 0 Å². The lowest BCUT2D eigenvalue weighted by molar-refractivity contribution is -0.144. The van der Waals surface area contributed by atoms with Gasteiger partial charge in [0.1, 0.15) is 11.6 Å². The predicted octanol–water partition coefficient (Wildman–Crippen LogP) is 3.86. The Morgan fingerprint density at radius 1 is 0.690 bits per heavy atom. The monoisotopic (exact) mass is 392 g/mol. The molecular weight excluding hydrogens is 375 g/mol. The molecule has 0 aliphatic carbocycles. The van der Waals surface area contributed by atoms with Crippen LogP contribution >= 0.6 is 0 Å². The summed E-state index contributed by atoms with van der Waals surface area (Å²) in [6.45, 7) is -0.846. The fraction of sp³-hybridized carbons (Fsp3) is 0.0870. The first-order chi connectivity index (χ1) is 14.0. The molecule has 6 heteroatoms. The standard InChI is InChI=1S/C23H17FO5/c24-19-10-6-16(7-11-19)21(25)14-29-22(26)15-28-20-12-8-18(9-13-20)23(27)17-4-2-1-3-5-17/h1-13H,14-15H2. The lowest BCUT2D eigenvalue weighted by Crippen LogP contribution is -2.19. The van der Waals surface area contributed by atoms with Crippen LogP contribution in [0, 0.1) is 5.82 Å². The number of carbonyl (C=O) groups is 3. The highest BCUT2D eigenvalue weighted by Gasteiger charge is 2.12. The normalized spacial score (nSPS) is 10.2. The maximum Gasteiger partial charge on any atom is 0.344 e. The van der Waals surface area contributed by atoms with Crippen molar-refractivity contribution >= 4 is 17.5 Å². The molecule has 0 radical (unpaired) electrons. The van der Waals surface area contributed by atoms with Crippen molar-refractivity contribution in [3.63, 3.8) is 0 Å². The molecule has 0 unspecified atom stereocenters. The molecule has 0 saturated carbocycles. The minimum absolute atomic E-state index is 0.115. The van der Waals surface area contributed by atoms with E-state index in [1.807, 2.05) is 6.07 Å². The zero-order valence-corrected chi connectivity index (χ0v) is 15.3. The fourth-order valence-electron chi connectivity index (χ4n) is 2.51. The molecule has 0 bridgehead atoms. The Balaban J connectivity index is 1.47. The van der Waals surface area contributed by atoms with Crippen molar-refractivity contribution in [1.82, 2.24) is 0 Å². The van der Waals surface area contributed by atoms with Crippen LogP contribution in [0.2, 0.25) is 0 Å². The van der Waals surface area contributed by atoms with E-state index in [1.165, 1.54) is 12.1 Å². The third-order valence-corrected chi connectivity index (χ3v) is 4.04. The minimum Gasteiger partial charge on any atom is -0.482 e. The topological polar surface area (TPSA) is 69.7 Å². The number of ketones is 2. The van der Waals surface area contributed by atoms with Crippen molar-refractivity contribution in [3.05, 3.63) is 101 Å². The van der Waals surface area contributed by atoms with Crippen molar-refractivity contribution < 1.29 is 28.2 Å². The number of hydrogen-bond acceptors (Lipinski definition) is 5. The first-order valence-electron chi connectivity index (χ1n) is 8.80. The van der Waals surface area contributed by atoms with Crippen molar-refractivity contribution in [2.24, 2.45) is 0 Å². The Morgan fingerprint density at radius 2 is 1.28 bits per heavy atom. The number of halogens is 1. The second-order valence-electron chi connectivity index (χ2n) is 6.10. The first kappa shape index (κ1) is 19.9. The van der Waals surface area contributed by atoms with E-state index >= 15 is 0 Å². The van der Waals surface area contributed by atoms with Gasteiger partial charge in [-0.05, 0) is 48.5 Å². The van der Waals surface area contributed by atoms with Crippen LogP contribution in [0.25, 0.3) is 0 Å². The van der Waals surface area contributed by atoms with Crippen LogP contribution in [0.15, 0.2) is 78.9 Å².